The second-order valence-corrected chi connectivity index (χ2v) is 3.23. The zero-order chi connectivity index (χ0) is 14.1. The summed E-state index contributed by atoms with van der Waals surface area (Å²) in [7, 11) is 0. The lowest BCUT2D eigenvalue weighted by molar-refractivity contribution is -0.141. The molecule has 0 spiro atoms. The highest BCUT2D eigenvalue weighted by atomic mass is 19.4. The molecule has 100 valence electrons. The highest BCUT2D eigenvalue weighted by Crippen LogP contribution is 2.36. The summed E-state index contributed by atoms with van der Waals surface area (Å²) < 4.78 is 62.8. The van der Waals surface area contributed by atoms with Crippen molar-refractivity contribution in [3.63, 3.8) is 0 Å². The Morgan fingerprint density at radius 3 is 2.33 bits per heavy atom. The fraction of sp³-hybridized carbons (Fsp3) is 0.333. The number of aromatic carboxylic acids is 1. The molecule has 1 rings (SSSR count). The Bertz CT molecular complexity index is 473. The van der Waals surface area contributed by atoms with Crippen LogP contribution in [0.5, 0.6) is 0 Å². The van der Waals surface area contributed by atoms with Crippen molar-refractivity contribution in [1.29, 1.82) is 0 Å². The molecule has 3 N–H and O–H groups in total. The third-order valence-corrected chi connectivity index (χ3v) is 2.12. The van der Waals surface area contributed by atoms with Crippen molar-refractivity contribution in [1.82, 2.24) is 4.98 Å². The summed E-state index contributed by atoms with van der Waals surface area (Å²) in [5.41, 5.74) is -0.0229. The van der Waals surface area contributed by atoms with E-state index in [0.717, 1.165) is 0 Å². The van der Waals surface area contributed by atoms with Gasteiger partial charge in [0.15, 0.2) is 5.69 Å². The molecular formula is C9H7F5N2O2. The van der Waals surface area contributed by atoms with E-state index < -0.39 is 47.5 Å². The van der Waals surface area contributed by atoms with Crippen molar-refractivity contribution < 1.29 is 31.9 Å². The van der Waals surface area contributed by atoms with Gasteiger partial charge in [-0.25, -0.2) is 13.6 Å². The van der Waals surface area contributed by atoms with Crippen LogP contribution < -0.4 is 5.73 Å². The van der Waals surface area contributed by atoms with Crippen LogP contribution in [0.3, 0.4) is 0 Å². The fourth-order valence-corrected chi connectivity index (χ4v) is 1.41. The third-order valence-electron chi connectivity index (χ3n) is 2.12. The Balaban J connectivity index is 3.68. The molecule has 0 atom stereocenters. The molecule has 4 nitrogen and oxygen atoms in total. The van der Waals surface area contributed by atoms with Crippen molar-refractivity contribution in [3.05, 3.63) is 28.6 Å². The van der Waals surface area contributed by atoms with E-state index in [1.54, 1.807) is 0 Å². The van der Waals surface area contributed by atoms with E-state index in [2.05, 4.69) is 4.98 Å². The van der Waals surface area contributed by atoms with E-state index in [4.69, 9.17) is 10.8 Å². The summed E-state index contributed by atoms with van der Waals surface area (Å²) >= 11 is 0. The number of carbonyl (C=O) groups is 1. The number of halogens is 5. The molecule has 0 unspecified atom stereocenters. The van der Waals surface area contributed by atoms with Gasteiger partial charge >= 0.3 is 12.1 Å². The molecule has 18 heavy (non-hydrogen) atoms. The zero-order valence-electron chi connectivity index (χ0n) is 8.63. The second-order valence-electron chi connectivity index (χ2n) is 3.23. The Hall–Kier alpha value is -1.77. The maximum atomic E-state index is 12.7. The number of carboxylic acids is 1. The maximum absolute atomic E-state index is 12.7. The van der Waals surface area contributed by atoms with Crippen molar-refractivity contribution in [2.75, 3.05) is 0 Å². The summed E-state index contributed by atoms with van der Waals surface area (Å²) in [5.74, 6) is -2.12. The van der Waals surface area contributed by atoms with E-state index in [9.17, 15) is 26.7 Å². The molecule has 0 aromatic carbocycles. The van der Waals surface area contributed by atoms with Crippen molar-refractivity contribution in [2.24, 2.45) is 5.73 Å². The van der Waals surface area contributed by atoms with Gasteiger partial charge in [0, 0.05) is 18.3 Å². The summed E-state index contributed by atoms with van der Waals surface area (Å²) in [4.78, 5) is 13.6. The lowest BCUT2D eigenvalue weighted by Gasteiger charge is -2.15. The molecule has 0 aliphatic heterocycles. The molecule has 0 saturated heterocycles. The van der Waals surface area contributed by atoms with Crippen LogP contribution in [0.25, 0.3) is 0 Å². The van der Waals surface area contributed by atoms with Crippen LogP contribution in [0.4, 0.5) is 22.0 Å². The fourth-order valence-electron chi connectivity index (χ4n) is 1.41. The average molecular weight is 270 g/mol. The molecule has 1 aromatic rings. The number of nitrogens with two attached hydrogens (primary N) is 1. The molecular weight excluding hydrogens is 263 g/mol. The predicted molar refractivity (Wildman–Crippen MR) is 49.0 cm³/mol. The van der Waals surface area contributed by atoms with Gasteiger partial charge in [-0.15, -0.1) is 0 Å². The lowest BCUT2D eigenvalue weighted by atomic mass is 10.0. The number of rotatable bonds is 3. The van der Waals surface area contributed by atoms with E-state index in [1.807, 2.05) is 0 Å². The average Bonchev–Trinajstić information content (AvgIpc) is 2.25. The Morgan fingerprint density at radius 2 is 2.00 bits per heavy atom. The maximum Gasteiger partial charge on any atom is 0.434 e. The van der Waals surface area contributed by atoms with E-state index >= 15 is 0 Å². The standard InChI is InChI=1S/C9H7F5N2O2/c10-7(11)4-3(1-15)2-16-6(9(12,13)14)5(4)8(17)18/h2,7H,1,15H2,(H,17,18). The summed E-state index contributed by atoms with van der Waals surface area (Å²) in [5, 5.41) is 8.66. The van der Waals surface area contributed by atoms with Crippen molar-refractivity contribution in [3.8, 4) is 0 Å². The summed E-state index contributed by atoms with van der Waals surface area (Å²) in [6.07, 6.45) is -8.01. The molecule has 1 aromatic heterocycles. The molecule has 0 aliphatic carbocycles. The van der Waals surface area contributed by atoms with Crippen LogP contribution >= 0.6 is 0 Å². The van der Waals surface area contributed by atoms with Gasteiger partial charge in [-0.1, -0.05) is 0 Å². The normalized spacial score (nSPS) is 11.9. The molecule has 0 aliphatic rings. The van der Waals surface area contributed by atoms with Gasteiger partial charge in [0.05, 0.1) is 5.56 Å². The summed E-state index contributed by atoms with van der Waals surface area (Å²) in [6, 6.07) is 0. The first-order valence-electron chi connectivity index (χ1n) is 4.50. The highest BCUT2D eigenvalue weighted by Gasteiger charge is 2.40. The minimum Gasteiger partial charge on any atom is -0.478 e. The van der Waals surface area contributed by atoms with Crippen LogP contribution in [-0.2, 0) is 12.7 Å². The van der Waals surface area contributed by atoms with Gasteiger partial charge in [-0.3, -0.25) is 4.98 Å². The summed E-state index contributed by atoms with van der Waals surface area (Å²) in [6.45, 7) is -0.537. The predicted octanol–water partition coefficient (Wildman–Crippen LogP) is 2.19. The molecule has 0 radical (unpaired) electrons. The second kappa shape index (κ2) is 4.84. The molecule has 9 heteroatoms. The van der Waals surface area contributed by atoms with E-state index in [-0.39, 0.29) is 0 Å². The first-order valence-corrected chi connectivity index (χ1v) is 4.50. The van der Waals surface area contributed by atoms with E-state index in [1.165, 1.54) is 0 Å². The highest BCUT2D eigenvalue weighted by molar-refractivity contribution is 5.91. The minimum absolute atomic E-state index is 0.435. The van der Waals surface area contributed by atoms with E-state index in [0.29, 0.717) is 6.20 Å². The Morgan fingerprint density at radius 1 is 1.44 bits per heavy atom. The van der Waals surface area contributed by atoms with Crippen molar-refractivity contribution >= 4 is 5.97 Å². The van der Waals surface area contributed by atoms with Crippen molar-refractivity contribution in [2.45, 2.75) is 19.1 Å². The Labute approximate surface area is 97.2 Å². The van der Waals surface area contributed by atoms with Crippen LogP contribution in [0.15, 0.2) is 6.20 Å². The number of nitrogens with zero attached hydrogens (tertiary/aromatic N) is 1. The first kappa shape index (κ1) is 14.3. The van der Waals surface area contributed by atoms with Gasteiger partial charge in [0.25, 0.3) is 6.43 Å². The number of alkyl halides is 5. The first-order chi connectivity index (χ1) is 8.20. The number of carboxylic acid groups (broad SMARTS) is 1. The number of aromatic nitrogens is 1. The monoisotopic (exact) mass is 270 g/mol. The van der Waals surface area contributed by atoms with Gasteiger partial charge in [0.1, 0.15) is 0 Å². The molecule has 0 fully saturated rings. The molecule has 0 bridgehead atoms. The van der Waals surface area contributed by atoms with Gasteiger partial charge in [-0.2, -0.15) is 13.2 Å². The van der Waals surface area contributed by atoms with Crippen LogP contribution in [0.2, 0.25) is 0 Å². The number of hydrogen-bond donors (Lipinski definition) is 2. The van der Waals surface area contributed by atoms with Crippen LogP contribution in [-0.4, -0.2) is 16.1 Å². The van der Waals surface area contributed by atoms with Gasteiger partial charge in [0.2, 0.25) is 0 Å². The van der Waals surface area contributed by atoms with Gasteiger partial charge < -0.3 is 10.8 Å². The molecule has 0 amide bonds. The number of pyridine rings is 1. The molecule has 1 heterocycles. The zero-order valence-corrected chi connectivity index (χ0v) is 8.63. The van der Waals surface area contributed by atoms with Crippen LogP contribution in [0, 0.1) is 0 Å². The smallest absolute Gasteiger partial charge is 0.434 e. The third kappa shape index (κ3) is 2.55. The van der Waals surface area contributed by atoms with Crippen LogP contribution in [0.1, 0.15) is 33.6 Å². The van der Waals surface area contributed by atoms with Gasteiger partial charge in [-0.05, 0) is 5.56 Å². The minimum atomic E-state index is -5.13. The largest absolute Gasteiger partial charge is 0.478 e. The topological polar surface area (TPSA) is 76.2 Å². The quantitative estimate of drug-likeness (QED) is 0.825. The molecule has 0 saturated carbocycles. The lowest BCUT2D eigenvalue weighted by Crippen LogP contribution is -2.20. The number of hydrogen-bond acceptors (Lipinski definition) is 3. The SMILES string of the molecule is NCc1cnc(C(F)(F)F)c(C(=O)O)c1C(F)F. The Kier molecular flexibility index (Phi) is 3.85.